The fourth-order valence-corrected chi connectivity index (χ4v) is 2.39. The number of aliphatic hydroxyl groups excluding tert-OH is 1. The van der Waals surface area contributed by atoms with Crippen LogP contribution in [0.1, 0.15) is 29.8 Å². The number of Topliss-reactive ketones (excluding diaryl/α,β-unsaturated/α-hetero) is 1. The van der Waals surface area contributed by atoms with Crippen molar-refractivity contribution in [2.45, 2.75) is 38.7 Å². The summed E-state index contributed by atoms with van der Waals surface area (Å²) < 4.78 is 81.3. The van der Waals surface area contributed by atoms with E-state index in [9.17, 15) is 41.0 Å². The van der Waals surface area contributed by atoms with Crippen LogP contribution in [0.2, 0.25) is 0 Å². The van der Waals surface area contributed by atoms with Crippen LogP contribution in [0.4, 0.5) is 26.3 Å². The van der Waals surface area contributed by atoms with Gasteiger partial charge < -0.3 is 10.4 Å². The normalized spacial score (nSPS) is 13.9. The maximum Gasteiger partial charge on any atom is 0.425 e. The molecule has 0 saturated carbocycles. The summed E-state index contributed by atoms with van der Waals surface area (Å²) in [7, 11) is 0. The number of allylic oxidation sites excluding steroid dienone is 1. The summed E-state index contributed by atoms with van der Waals surface area (Å²) in [5.41, 5.74) is -6.92. The Hall–Kier alpha value is -2.52. The van der Waals surface area contributed by atoms with Crippen molar-refractivity contribution in [3.05, 3.63) is 46.7 Å². The molecule has 1 aromatic rings. The highest BCUT2D eigenvalue weighted by molar-refractivity contribution is 6.00. The number of aryl methyl sites for hydroxylation is 1. The first-order valence-corrected chi connectivity index (χ1v) is 7.09. The molecule has 1 amide bonds. The molecule has 0 fully saturated rings. The van der Waals surface area contributed by atoms with Crippen molar-refractivity contribution in [3.8, 4) is 0 Å². The third-order valence-corrected chi connectivity index (χ3v) is 3.55. The van der Waals surface area contributed by atoms with Crippen molar-refractivity contribution in [1.82, 2.24) is 5.32 Å². The van der Waals surface area contributed by atoms with Crippen molar-refractivity contribution < 1.29 is 41.0 Å². The Kier molecular flexibility index (Phi) is 5.80. The van der Waals surface area contributed by atoms with Gasteiger partial charge in [-0.3, -0.25) is 9.59 Å². The molecule has 2 N–H and O–H groups in total. The van der Waals surface area contributed by atoms with Crippen LogP contribution in [0.5, 0.6) is 0 Å². The van der Waals surface area contributed by atoms with E-state index in [0.717, 1.165) is 17.4 Å². The summed E-state index contributed by atoms with van der Waals surface area (Å²) in [5.74, 6) is -4.90. The van der Waals surface area contributed by atoms with Gasteiger partial charge in [0.1, 0.15) is 0 Å². The lowest BCUT2D eigenvalue weighted by molar-refractivity contribution is -0.290. The Morgan fingerprint density at radius 1 is 0.923 bits per heavy atom. The third kappa shape index (κ3) is 3.83. The minimum Gasteiger partial charge on any atom is -0.512 e. The minimum atomic E-state index is -6.16. The quantitative estimate of drug-likeness (QED) is 0.469. The number of alkyl halides is 6. The predicted octanol–water partition coefficient (Wildman–Crippen LogP) is 4.01. The Morgan fingerprint density at radius 3 is 1.65 bits per heavy atom. The van der Waals surface area contributed by atoms with Crippen molar-refractivity contribution in [2.75, 3.05) is 0 Å². The monoisotopic (exact) mass is 383 g/mol. The average Bonchev–Trinajstić information content (AvgIpc) is 2.43. The lowest BCUT2D eigenvalue weighted by Gasteiger charge is -2.39. The molecule has 0 aliphatic heterocycles. The highest BCUT2D eigenvalue weighted by Gasteiger charge is 2.75. The van der Waals surface area contributed by atoms with E-state index in [1.54, 1.807) is 6.92 Å². The zero-order valence-corrected chi connectivity index (χ0v) is 13.8. The number of nitrogens with one attached hydrogen (secondary N) is 1. The van der Waals surface area contributed by atoms with Gasteiger partial charge >= 0.3 is 12.4 Å². The van der Waals surface area contributed by atoms with Crippen LogP contribution >= 0.6 is 0 Å². The highest BCUT2D eigenvalue weighted by Crippen LogP contribution is 2.48. The van der Waals surface area contributed by atoms with Crippen molar-refractivity contribution in [2.24, 2.45) is 0 Å². The van der Waals surface area contributed by atoms with Crippen molar-refractivity contribution in [1.29, 1.82) is 0 Å². The molecular weight excluding hydrogens is 368 g/mol. The van der Waals surface area contributed by atoms with Gasteiger partial charge in [0.05, 0.1) is 11.3 Å². The molecule has 0 aliphatic carbocycles. The van der Waals surface area contributed by atoms with Crippen LogP contribution in [0.15, 0.2) is 35.6 Å². The average molecular weight is 383 g/mol. The first-order valence-electron chi connectivity index (χ1n) is 7.09. The Bertz CT molecular complexity index is 714. The molecule has 144 valence electrons. The van der Waals surface area contributed by atoms with Gasteiger partial charge in [0.25, 0.3) is 11.4 Å². The van der Waals surface area contributed by atoms with E-state index in [4.69, 9.17) is 0 Å². The van der Waals surface area contributed by atoms with Gasteiger partial charge in [-0.15, -0.1) is 0 Å². The number of benzene rings is 1. The van der Waals surface area contributed by atoms with E-state index in [1.807, 2.05) is 0 Å². The molecule has 0 atom stereocenters. The van der Waals surface area contributed by atoms with E-state index in [1.165, 1.54) is 12.1 Å². The van der Waals surface area contributed by atoms with E-state index in [2.05, 4.69) is 0 Å². The molecule has 10 heteroatoms. The second-order valence-electron chi connectivity index (χ2n) is 5.58. The number of hydrogen-bond acceptors (Lipinski definition) is 3. The molecule has 0 aromatic heterocycles. The van der Waals surface area contributed by atoms with Gasteiger partial charge in [-0.25, -0.2) is 0 Å². The van der Waals surface area contributed by atoms with Crippen LogP contribution in [-0.2, 0) is 4.79 Å². The van der Waals surface area contributed by atoms with Gasteiger partial charge in [0.2, 0.25) is 0 Å². The van der Waals surface area contributed by atoms with Crippen molar-refractivity contribution >= 4 is 11.7 Å². The lowest BCUT2D eigenvalue weighted by Crippen LogP contribution is -2.69. The molecule has 0 saturated heterocycles. The Labute approximate surface area is 144 Å². The van der Waals surface area contributed by atoms with Gasteiger partial charge in [-0.2, -0.15) is 26.3 Å². The van der Waals surface area contributed by atoms with Crippen LogP contribution in [0, 0.1) is 6.92 Å². The standard InChI is InChI=1S/C16H15F6NO3/c1-8-4-6-11(7-5-8)13(26)23-14(15(17,18)19,16(20,21)22)12(9(2)24)10(3)25/h4-7,24H,1-3H3,(H,23,26)/b12-9+. The number of hydrogen-bond donors (Lipinski definition) is 2. The number of ketones is 1. The van der Waals surface area contributed by atoms with Crippen LogP contribution < -0.4 is 5.32 Å². The highest BCUT2D eigenvalue weighted by atomic mass is 19.4. The fourth-order valence-electron chi connectivity index (χ4n) is 2.39. The summed E-state index contributed by atoms with van der Waals surface area (Å²) in [6.07, 6.45) is -12.3. The van der Waals surface area contributed by atoms with E-state index in [0.29, 0.717) is 19.4 Å². The van der Waals surface area contributed by atoms with Crippen LogP contribution in [0.25, 0.3) is 0 Å². The first-order chi connectivity index (χ1) is 11.6. The topological polar surface area (TPSA) is 66.4 Å². The van der Waals surface area contributed by atoms with Crippen molar-refractivity contribution in [3.63, 3.8) is 0 Å². The third-order valence-electron chi connectivity index (χ3n) is 3.55. The molecule has 0 aliphatic rings. The van der Waals surface area contributed by atoms with Gasteiger partial charge in [-0.1, -0.05) is 17.7 Å². The van der Waals surface area contributed by atoms with E-state index < -0.39 is 46.5 Å². The Morgan fingerprint density at radius 2 is 1.35 bits per heavy atom. The number of amides is 1. The fraction of sp³-hybridized carbons (Fsp3) is 0.375. The maximum absolute atomic E-state index is 13.5. The van der Waals surface area contributed by atoms with Gasteiger partial charge in [0.15, 0.2) is 5.78 Å². The minimum absolute atomic E-state index is 0.430. The SMILES string of the molecule is CC(=O)/C(=C(/C)O)C(NC(=O)c1ccc(C)cc1)(C(F)(F)F)C(F)(F)F. The molecule has 0 heterocycles. The number of aliphatic hydroxyl groups is 1. The zero-order valence-electron chi connectivity index (χ0n) is 13.8. The molecule has 0 bridgehead atoms. The number of carbonyl (C=O) groups excluding carboxylic acids is 2. The van der Waals surface area contributed by atoms with Crippen LogP contribution in [0.3, 0.4) is 0 Å². The van der Waals surface area contributed by atoms with Gasteiger partial charge in [-0.05, 0) is 32.9 Å². The van der Waals surface area contributed by atoms with Crippen LogP contribution in [-0.4, -0.2) is 34.7 Å². The number of halogens is 6. The molecule has 1 aromatic carbocycles. The van der Waals surface area contributed by atoms with E-state index in [-0.39, 0.29) is 0 Å². The lowest BCUT2D eigenvalue weighted by atomic mass is 9.84. The summed E-state index contributed by atoms with van der Waals surface area (Å²) in [5, 5.41) is 10.3. The molecule has 26 heavy (non-hydrogen) atoms. The summed E-state index contributed by atoms with van der Waals surface area (Å²) in [6, 6.07) is 4.70. The molecule has 4 nitrogen and oxygen atoms in total. The maximum atomic E-state index is 13.5. The molecule has 0 radical (unpaired) electrons. The van der Waals surface area contributed by atoms with E-state index >= 15 is 0 Å². The van der Waals surface area contributed by atoms with Gasteiger partial charge in [0, 0.05) is 5.56 Å². The molecule has 1 rings (SSSR count). The largest absolute Gasteiger partial charge is 0.512 e. The molecular formula is C16H15F6NO3. The summed E-state index contributed by atoms with van der Waals surface area (Å²) in [4.78, 5) is 23.6. The first kappa shape index (κ1) is 21.5. The molecule has 0 spiro atoms. The summed E-state index contributed by atoms with van der Waals surface area (Å²) >= 11 is 0. The number of rotatable bonds is 4. The second kappa shape index (κ2) is 7.00. The Balaban J connectivity index is 3.69. The number of carbonyl (C=O) groups is 2. The second-order valence-corrected chi connectivity index (χ2v) is 5.58. The smallest absolute Gasteiger partial charge is 0.425 e. The zero-order chi connectivity index (χ0) is 20.5. The predicted molar refractivity (Wildman–Crippen MR) is 79.5 cm³/mol. The molecule has 0 unspecified atom stereocenters. The summed E-state index contributed by atoms with van der Waals surface area (Å²) in [6.45, 7) is 2.53.